The molecule has 4 aliphatic heterocycles. The van der Waals surface area contributed by atoms with Crippen molar-refractivity contribution in [3.05, 3.63) is 0 Å². The number of piperidine rings is 1. The van der Waals surface area contributed by atoms with Crippen LogP contribution in [0.25, 0.3) is 0 Å². The third-order valence-electron chi connectivity index (χ3n) is 6.02. The first-order chi connectivity index (χ1) is 14.3. The first kappa shape index (κ1) is 21.7. The van der Waals surface area contributed by atoms with Gasteiger partial charge in [0.15, 0.2) is 0 Å². The molecule has 30 heavy (non-hydrogen) atoms. The van der Waals surface area contributed by atoms with Crippen LogP contribution in [-0.2, 0) is 29.1 Å². The molecule has 4 saturated heterocycles. The van der Waals surface area contributed by atoms with E-state index < -0.39 is 34.4 Å². The van der Waals surface area contributed by atoms with Crippen LogP contribution in [0.5, 0.6) is 0 Å². The number of amides is 3. The van der Waals surface area contributed by atoms with Gasteiger partial charge in [-0.3, -0.25) is 19.1 Å². The molecule has 0 spiro atoms. The van der Waals surface area contributed by atoms with Crippen molar-refractivity contribution in [3.8, 4) is 0 Å². The van der Waals surface area contributed by atoms with Gasteiger partial charge in [-0.25, -0.2) is 10.3 Å². The highest BCUT2D eigenvalue weighted by Crippen LogP contribution is 2.30. The molecule has 4 aliphatic rings. The Morgan fingerprint density at radius 3 is 2.77 bits per heavy atom. The normalized spacial score (nSPS) is 32.6. The second kappa shape index (κ2) is 8.90. The van der Waals surface area contributed by atoms with Crippen molar-refractivity contribution in [1.82, 2.24) is 25.7 Å². The maximum absolute atomic E-state index is 12.5. The van der Waals surface area contributed by atoms with Gasteiger partial charge in [0.2, 0.25) is 0 Å². The zero-order valence-corrected chi connectivity index (χ0v) is 17.3. The van der Waals surface area contributed by atoms with Gasteiger partial charge >= 0.3 is 16.4 Å². The Bertz CT molecular complexity index is 761. The monoisotopic (exact) mass is 449 g/mol. The highest BCUT2D eigenvalue weighted by atomic mass is 32.3. The molecule has 4 atom stereocenters. The number of nitrogens with zero attached hydrogens (tertiary/aromatic N) is 3. The zero-order chi connectivity index (χ0) is 21.3. The summed E-state index contributed by atoms with van der Waals surface area (Å²) in [4.78, 5) is 33.9. The molecule has 0 radical (unpaired) electrons. The third kappa shape index (κ3) is 4.85. The fraction of sp³-hybridized carbons (Fsp3) is 0.875. The number of carbonyl (C=O) groups excluding carboxylic acids is 2. The lowest BCUT2D eigenvalue weighted by Gasteiger charge is -2.31. The van der Waals surface area contributed by atoms with Gasteiger partial charge in [-0.15, -0.1) is 4.28 Å². The number of carbonyl (C=O) groups is 2. The Morgan fingerprint density at radius 2 is 2.03 bits per heavy atom. The van der Waals surface area contributed by atoms with Gasteiger partial charge in [-0.05, 0) is 19.3 Å². The maximum atomic E-state index is 12.5. The lowest BCUT2D eigenvalue weighted by molar-refractivity contribution is -0.139. The summed E-state index contributed by atoms with van der Waals surface area (Å²) in [6, 6.07) is -1.57. The number of ether oxygens (including phenoxy) is 1. The number of fused-ring (bicyclic) bond motifs is 2. The largest absolute Gasteiger partial charge is 0.418 e. The van der Waals surface area contributed by atoms with Gasteiger partial charge in [0, 0.05) is 38.3 Å². The van der Waals surface area contributed by atoms with Gasteiger partial charge in [0.1, 0.15) is 6.04 Å². The lowest BCUT2D eigenvalue weighted by atomic mass is 10.0. The highest BCUT2D eigenvalue weighted by molar-refractivity contribution is 7.80. The molecule has 4 fully saturated rings. The molecule has 2 unspecified atom stereocenters. The molecule has 4 rings (SSSR count). The molecule has 170 valence electrons. The summed E-state index contributed by atoms with van der Waals surface area (Å²) in [5.41, 5.74) is 2.41. The second-order valence-electron chi connectivity index (χ2n) is 7.93. The van der Waals surface area contributed by atoms with Crippen molar-refractivity contribution in [1.29, 1.82) is 0 Å². The number of hydroxylamine groups is 3. The molecule has 4 heterocycles. The lowest BCUT2D eigenvalue weighted by Crippen LogP contribution is -2.50. The summed E-state index contributed by atoms with van der Waals surface area (Å²) in [5.74, 6) is -0.474. The Morgan fingerprint density at radius 1 is 1.27 bits per heavy atom. The number of hydrogen-bond donors (Lipinski definition) is 3. The smallest absolute Gasteiger partial charge is 0.379 e. The number of rotatable bonds is 7. The maximum Gasteiger partial charge on any atom is 0.418 e. The van der Waals surface area contributed by atoms with Crippen LogP contribution in [0.15, 0.2) is 0 Å². The van der Waals surface area contributed by atoms with Gasteiger partial charge in [0.05, 0.1) is 25.9 Å². The van der Waals surface area contributed by atoms with Crippen LogP contribution in [0, 0.1) is 0 Å². The Labute approximate surface area is 174 Å². The molecule has 3 amide bonds. The van der Waals surface area contributed by atoms with Crippen LogP contribution in [0.3, 0.4) is 0 Å². The summed E-state index contributed by atoms with van der Waals surface area (Å²) in [6.07, 6.45) is 1.60. The van der Waals surface area contributed by atoms with Crippen LogP contribution in [-0.4, -0.2) is 110 Å². The predicted octanol–water partition coefficient (Wildman–Crippen LogP) is -1.90. The van der Waals surface area contributed by atoms with E-state index in [2.05, 4.69) is 20.0 Å². The van der Waals surface area contributed by atoms with Crippen LogP contribution >= 0.6 is 0 Å². The molecule has 2 bridgehead atoms. The number of urea groups is 1. The number of morpholine rings is 1. The first-order valence-corrected chi connectivity index (χ1v) is 11.4. The highest BCUT2D eigenvalue weighted by Gasteiger charge is 2.49. The molecule has 0 aromatic carbocycles. The standard InChI is InChI=1S/C16H27N5O8S/c22-15(14-2-1-12-9-20(14)16(23)21(12)29-30(24,25)26)18-28-10-11-7-13(8-17-11)19-3-5-27-6-4-19/h11-14,17H,1-10H2,(H,18,22)(H,24,25,26)/t11-,12?,13+,14?/m0/s1. The van der Waals surface area contributed by atoms with Gasteiger partial charge in [0.25, 0.3) is 5.91 Å². The summed E-state index contributed by atoms with van der Waals surface area (Å²) >= 11 is 0. The van der Waals surface area contributed by atoms with Crippen LogP contribution in [0.1, 0.15) is 19.3 Å². The van der Waals surface area contributed by atoms with Gasteiger partial charge in [-0.2, -0.15) is 13.5 Å². The minimum Gasteiger partial charge on any atom is -0.379 e. The van der Waals surface area contributed by atoms with E-state index in [1.54, 1.807) is 0 Å². The molecule has 0 aliphatic carbocycles. The van der Waals surface area contributed by atoms with E-state index in [4.69, 9.17) is 14.1 Å². The van der Waals surface area contributed by atoms with E-state index in [1.165, 1.54) is 4.90 Å². The summed E-state index contributed by atoms with van der Waals surface area (Å²) < 4.78 is 40.4. The SMILES string of the molecule is O=C(NOC[C@@H]1C[C@@H](N2CCOCC2)CN1)C1CCC2CN1C(=O)N2OS(=O)(=O)O. The molecule has 0 aromatic rings. The van der Waals surface area contributed by atoms with Crippen molar-refractivity contribution in [2.75, 3.05) is 46.0 Å². The Kier molecular flexibility index (Phi) is 6.43. The van der Waals surface area contributed by atoms with E-state index in [0.29, 0.717) is 30.6 Å². The summed E-state index contributed by atoms with van der Waals surface area (Å²) in [7, 11) is -4.82. The third-order valence-corrected chi connectivity index (χ3v) is 6.37. The van der Waals surface area contributed by atoms with Crippen LogP contribution < -0.4 is 10.8 Å². The molecule has 13 nitrogen and oxygen atoms in total. The molecule has 3 N–H and O–H groups in total. The topological polar surface area (TPSA) is 150 Å². The molecular formula is C16H27N5O8S. The van der Waals surface area contributed by atoms with E-state index in [0.717, 1.165) is 39.3 Å². The van der Waals surface area contributed by atoms with Crippen molar-refractivity contribution < 1.29 is 36.4 Å². The predicted molar refractivity (Wildman–Crippen MR) is 100 cm³/mol. The van der Waals surface area contributed by atoms with Gasteiger partial charge in [-0.1, -0.05) is 0 Å². The Hall–Kier alpha value is -1.55. The van der Waals surface area contributed by atoms with Crippen molar-refractivity contribution in [2.24, 2.45) is 0 Å². The van der Waals surface area contributed by atoms with Crippen molar-refractivity contribution in [2.45, 2.75) is 43.4 Å². The zero-order valence-electron chi connectivity index (χ0n) is 16.4. The van der Waals surface area contributed by atoms with E-state index in [9.17, 15) is 18.0 Å². The second-order valence-corrected chi connectivity index (χ2v) is 8.93. The summed E-state index contributed by atoms with van der Waals surface area (Å²) in [6.45, 7) is 4.63. The average Bonchev–Trinajstić information content (AvgIpc) is 3.27. The van der Waals surface area contributed by atoms with Crippen LogP contribution in [0.2, 0.25) is 0 Å². The fourth-order valence-corrected chi connectivity index (χ4v) is 4.92. The molecule has 0 aromatic heterocycles. The Balaban J connectivity index is 1.22. The van der Waals surface area contributed by atoms with Gasteiger partial charge < -0.3 is 15.0 Å². The molecule has 14 heteroatoms. The minimum absolute atomic E-state index is 0.112. The minimum atomic E-state index is -4.82. The molecule has 0 saturated carbocycles. The van der Waals surface area contributed by atoms with E-state index >= 15 is 0 Å². The first-order valence-electron chi connectivity index (χ1n) is 10.1. The van der Waals surface area contributed by atoms with Crippen LogP contribution in [0.4, 0.5) is 4.79 Å². The van der Waals surface area contributed by atoms with E-state index in [1.807, 2.05) is 0 Å². The van der Waals surface area contributed by atoms with E-state index in [-0.39, 0.29) is 12.6 Å². The number of hydrogen-bond acceptors (Lipinski definition) is 9. The fourth-order valence-electron chi connectivity index (χ4n) is 4.53. The average molecular weight is 449 g/mol. The summed E-state index contributed by atoms with van der Waals surface area (Å²) in [5, 5.41) is 4.00. The molecular weight excluding hydrogens is 422 g/mol. The quantitative estimate of drug-likeness (QED) is 0.297. The van der Waals surface area contributed by atoms with Crippen molar-refractivity contribution in [3.63, 3.8) is 0 Å². The van der Waals surface area contributed by atoms with Crippen molar-refractivity contribution >= 4 is 22.3 Å². The number of nitrogens with one attached hydrogen (secondary N) is 2.